The second-order valence-corrected chi connectivity index (χ2v) is 8.99. The zero-order chi connectivity index (χ0) is 22.9. The van der Waals surface area contributed by atoms with E-state index in [0.717, 1.165) is 16.7 Å². The Hall–Kier alpha value is -3.07. The third-order valence-corrected chi connectivity index (χ3v) is 6.91. The van der Waals surface area contributed by atoms with E-state index in [1.54, 1.807) is 4.90 Å². The molecule has 33 heavy (non-hydrogen) atoms. The largest absolute Gasteiger partial charge is 0.379 e. The van der Waals surface area contributed by atoms with Crippen molar-refractivity contribution in [3.05, 3.63) is 70.8 Å². The molecule has 4 N–H and O–H groups in total. The predicted octanol–water partition coefficient (Wildman–Crippen LogP) is 1.25. The quantitative estimate of drug-likeness (QED) is 0.574. The maximum atomic E-state index is 13.4. The molecule has 0 aliphatic carbocycles. The number of hydrogen-bond donors (Lipinski definition) is 3. The molecule has 8 heteroatoms. The minimum atomic E-state index is -0.617. The van der Waals surface area contributed by atoms with Crippen molar-refractivity contribution in [2.24, 2.45) is 11.7 Å². The summed E-state index contributed by atoms with van der Waals surface area (Å²) in [7, 11) is 0. The van der Waals surface area contributed by atoms with Gasteiger partial charge in [-0.05, 0) is 23.1 Å². The number of amides is 3. The van der Waals surface area contributed by atoms with E-state index in [1.807, 2.05) is 36.4 Å². The summed E-state index contributed by atoms with van der Waals surface area (Å²) in [6.45, 7) is 1.98. The summed E-state index contributed by atoms with van der Waals surface area (Å²) in [4.78, 5) is 38.8. The van der Waals surface area contributed by atoms with Crippen molar-refractivity contribution in [3.8, 4) is 0 Å². The zero-order valence-electron chi connectivity index (χ0n) is 18.3. The summed E-state index contributed by atoms with van der Waals surface area (Å²) in [6, 6.07) is 15.3. The second-order valence-electron chi connectivity index (χ2n) is 8.99. The fourth-order valence-corrected chi connectivity index (χ4v) is 5.16. The van der Waals surface area contributed by atoms with Crippen molar-refractivity contribution < 1.29 is 19.1 Å². The van der Waals surface area contributed by atoms with Gasteiger partial charge in [0.05, 0.1) is 13.2 Å². The van der Waals surface area contributed by atoms with E-state index in [2.05, 4.69) is 22.8 Å². The van der Waals surface area contributed by atoms with Gasteiger partial charge < -0.3 is 20.7 Å². The first-order valence-electron chi connectivity index (χ1n) is 11.4. The van der Waals surface area contributed by atoms with Gasteiger partial charge in [-0.1, -0.05) is 48.5 Å². The lowest BCUT2D eigenvalue weighted by atomic mass is 9.89. The van der Waals surface area contributed by atoms with Crippen molar-refractivity contribution in [1.29, 1.82) is 0 Å². The van der Waals surface area contributed by atoms with Crippen LogP contribution in [0.2, 0.25) is 0 Å². The fraction of sp³-hybridized carbons (Fsp3) is 0.400. The molecular weight excluding hydrogens is 420 g/mol. The van der Waals surface area contributed by atoms with Crippen LogP contribution in [0, 0.1) is 5.92 Å². The van der Waals surface area contributed by atoms with Crippen LogP contribution >= 0.6 is 0 Å². The van der Waals surface area contributed by atoms with Crippen molar-refractivity contribution in [3.63, 3.8) is 0 Å². The van der Waals surface area contributed by atoms with E-state index in [1.165, 1.54) is 0 Å². The van der Waals surface area contributed by atoms with E-state index in [0.29, 0.717) is 38.3 Å². The van der Waals surface area contributed by atoms with Gasteiger partial charge in [-0.15, -0.1) is 0 Å². The molecule has 5 rings (SSSR count). The second kappa shape index (κ2) is 9.05. The minimum absolute atomic E-state index is 0.0118. The number of carbonyl (C=O) groups is 3. The third-order valence-electron chi connectivity index (χ3n) is 6.91. The molecule has 3 aliphatic heterocycles. The Balaban J connectivity index is 1.37. The normalized spacial score (nSPS) is 25.8. The molecule has 2 saturated heterocycles. The maximum absolute atomic E-state index is 13.4. The van der Waals surface area contributed by atoms with E-state index in [4.69, 9.17) is 10.5 Å². The third kappa shape index (κ3) is 4.17. The molecule has 0 radical (unpaired) electrons. The van der Waals surface area contributed by atoms with Crippen LogP contribution in [0.4, 0.5) is 0 Å². The van der Waals surface area contributed by atoms with Gasteiger partial charge in [0.1, 0.15) is 6.04 Å². The molecule has 3 heterocycles. The first-order chi connectivity index (χ1) is 16.0. The average molecular weight is 449 g/mol. The van der Waals surface area contributed by atoms with Crippen LogP contribution in [0.1, 0.15) is 45.9 Å². The Morgan fingerprint density at radius 3 is 2.64 bits per heavy atom. The topological polar surface area (TPSA) is 114 Å². The highest BCUT2D eigenvalue weighted by Crippen LogP contribution is 2.32. The minimum Gasteiger partial charge on any atom is -0.379 e. The summed E-state index contributed by atoms with van der Waals surface area (Å²) < 4.78 is 5.63. The summed E-state index contributed by atoms with van der Waals surface area (Å²) in [5.41, 5.74) is 9.91. The maximum Gasteiger partial charge on any atom is 0.255 e. The van der Waals surface area contributed by atoms with Crippen LogP contribution in [-0.2, 0) is 27.4 Å². The number of hydrogen-bond acceptors (Lipinski definition) is 6. The molecule has 4 atom stereocenters. The summed E-state index contributed by atoms with van der Waals surface area (Å²) >= 11 is 0. The number of benzene rings is 2. The number of nitrogens with zero attached hydrogens (tertiary/aromatic N) is 1. The number of imide groups is 1. The van der Waals surface area contributed by atoms with E-state index < -0.39 is 11.9 Å². The molecule has 3 aliphatic rings. The Labute approximate surface area is 192 Å². The summed E-state index contributed by atoms with van der Waals surface area (Å²) in [5.74, 6) is -0.716. The molecule has 0 bridgehead atoms. The Morgan fingerprint density at radius 2 is 1.91 bits per heavy atom. The number of fused-ring (bicyclic) bond motifs is 1. The van der Waals surface area contributed by atoms with Gasteiger partial charge in [0.2, 0.25) is 11.8 Å². The molecule has 0 aromatic heterocycles. The summed E-state index contributed by atoms with van der Waals surface area (Å²) in [6.07, 6.45) is 0.598. The van der Waals surface area contributed by atoms with Crippen LogP contribution in [0.3, 0.4) is 0 Å². The lowest BCUT2D eigenvalue weighted by molar-refractivity contribution is -0.136. The lowest BCUT2D eigenvalue weighted by Gasteiger charge is -2.29. The van der Waals surface area contributed by atoms with Gasteiger partial charge in [0.25, 0.3) is 5.91 Å². The number of carbonyl (C=O) groups excluding carboxylic acids is 3. The highest BCUT2D eigenvalue weighted by molar-refractivity contribution is 6.06. The highest BCUT2D eigenvalue weighted by Gasteiger charge is 2.40. The molecule has 3 amide bonds. The molecule has 0 spiro atoms. The average Bonchev–Trinajstić information content (AvgIpc) is 3.38. The molecule has 2 unspecified atom stereocenters. The van der Waals surface area contributed by atoms with Crippen LogP contribution < -0.4 is 16.4 Å². The van der Waals surface area contributed by atoms with Gasteiger partial charge in [-0.2, -0.15) is 0 Å². The molecule has 172 valence electrons. The lowest BCUT2D eigenvalue weighted by Crippen LogP contribution is -2.52. The number of nitrogens with two attached hydrogens (primary N) is 1. The predicted molar refractivity (Wildman–Crippen MR) is 121 cm³/mol. The molecule has 2 aromatic carbocycles. The van der Waals surface area contributed by atoms with Gasteiger partial charge in [0.15, 0.2) is 0 Å². The van der Waals surface area contributed by atoms with Crippen molar-refractivity contribution >= 4 is 17.7 Å². The molecule has 2 fully saturated rings. The van der Waals surface area contributed by atoms with E-state index in [9.17, 15) is 14.4 Å². The number of rotatable bonds is 6. The van der Waals surface area contributed by atoms with Gasteiger partial charge in [-0.25, -0.2) is 0 Å². The van der Waals surface area contributed by atoms with Crippen LogP contribution in [-0.4, -0.2) is 47.9 Å². The van der Waals surface area contributed by atoms with E-state index in [-0.39, 0.29) is 36.2 Å². The van der Waals surface area contributed by atoms with Crippen LogP contribution in [0.5, 0.6) is 0 Å². The Kier molecular flexibility index (Phi) is 5.97. The van der Waals surface area contributed by atoms with Crippen LogP contribution in [0.15, 0.2) is 48.5 Å². The van der Waals surface area contributed by atoms with Gasteiger partial charge >= 0.3 is 0 Å². The van der Waals surface area contributed by atoms with Gasteiger partial charge in [0, 0.05) is 43.1 Å². The van der Waals surface area contributed by atoms with E-state index >= 15 is 0 Å². The fourth-order valence-electron chi connectivity index (χ4n) is 5.16. The standard InChI is InChI=1S/C25H28N4O4/c26-19-14-33-13-18(19)23(15-5-2-1-3-6-15)27-11-16-7-4-8-17-12-29(25(32)22(16)17)20-9-10-21(30)28-24(20)31/h1-8,18-20,23,27H,9-14,26H2,(H,28,30,31)/t18-,19-,20?,23?/m1/s1. The smallest absolute Gasteiger partial charge is 0.255 e. The molecule has 8 nitrogen and oxygen atoms in total. The molecule has 2 aromatic rings. The highest BCUT2D eigenvalue weighted by atomic mass is 16.5. The number of piperidine rings is 1. The number of ether oxygens (including phenoxy) is 1. The number of nitrogens with one attached hydrogen (secondary N) is 2. The van der Waals surface area contributed by atoms with Crippen molar-refractivity contribution in [2.75, 3.05) is 13.2 Å². The Bertz CT molecular complexity index is 1070. The van der Waals surface area contributed by atoms with Crippen molar-refractivity contribution in [2.45, 2.75) is 44.1 Å². The SMILES string of the molecule is N[C@@H]1COC[C@H]1C(NCc1cccc2c1C(=O)N(C1CCC(=O)NC1=O)C2)c1ccccc1. The first kappa shape index (κ1) is 21.8. The summed E-state index contributed by atoms with van der Waals surface area (Å²) in [5, 5.41) is 5.98. The van der Waals surface area contributed by atoms with Crippen LogP contribution in [0.25, 0.3) is 0 Å². The van der Waals surface area contributed by atoms with Gasteiger partial charge in [-0.3, -0.25) is 19.7 Å². The zero-order valence-corrected chi connectivity index (χ0v) is 18.3. The first-order valence-corrected chi connectivity index (χ1v) is 11.4. The monoisotopic (exact) mass is 448 g/mol. The molecule has 0 saturated carbocycles. The molecular formula is C25H28N4O4. The van der Waals surface area contributed by atoms with Crippen molar-refractivity contribution in [1.82, 2.24) is 15.5 Å². The Morgan fingerprint density at radius 1 is 1.09 bits per heavy atom.